The van der Waals surface area contributed by atoms with Crippen LogP contribution in [0.15, 0.2) is 54.1 Å². The average Bonchev–Trinajstić information content (AvgIpc) is 2.99. The first-order chi connectivity index (χ1) is 14.8. The van der Waals surface area contributed by atoms with Crippen LogP contribution in [0.4, 0.5) is 0 Å². The van der Waals surface area contributed by atoms with Gasteiger partial charge in [-0.25, -0.2) is 0 Å². The number of nitrogens with zero attached hydrogens (tertiary/aromatic N) is 1. The highest BCUT2D eigenvalue weighted by molar-refractivity contribution is 6.46. The molecular weight excluding hydrogens is 418 g/mol. The minimum absolute atomic E-state index is 0.0155. The maximum Gasteiger partial charge on any atom is 0.295 e. The molecule has 1 N–H and O–H groups in total. The second kappa shape index (κ2) is 9.98. The first kappa shape index (κ1) is 22.8. The summed E-state index contributed by atoms with van der Waals surface area (Å²) >= 11 is 6.02. The molecular formula is C24H26ClNO5. The number of ketones is 1. The van der Waals surface area contributed by atoms with E-state index in [0.717, 1.165) is 0 Å². The number of methoxy groups -OCH3 is 1. The van der Waals surface area contributed by atoms with E-state index in [1.807, 2.05) is 13.8 Å². The van der Waals surface area contributed by atoms with E-state index in [1.165, 1.54) is 4.90 Å². The second-order valence-corrected chi connectivity index (χ2v) is 8.02. The van der Waals surface area contributed by atoms with Crippen LogP contribution >= 0.6 is 11.6 Å². The number of carbonyl (C=O) groups is 2. The van der Waals surface area contributed by atoms with Crippen LogP contribution in [0, 0.1) is 0 Å². The molecule has 164 valence electrons. The van der Waals surface area contributed by atoms with Gasteiger partial charge in [0.15, 0.2) is 0 Å². The summed E-state index contributed by atoms with van der Waals surface area (Å²) in [5.74, 6) is -0.917. The number of carbonyl (C=O) groups excluding carboxylic acids is 2. The molecule has 3 rings (SSSR count). The molecule has 0 spiro atoms. The number of hydrogen-bond donors (Lipinski definition) is 1. The minimum atomic E-state index is -0.711. The van der Waals surface area contributed by atoms with Crippen LogP contribution in [-0.2, 0) is 14.3 Å². The van der Waals surface area contributed by atoms with Crippen LogP contribution in [0.2, 0.25) is 5.02 Å². The Labute approximate surface area is 187 Å². The molecule has 0 unspecified atom stereocenters. The third-order valence-corrected chi connectivity index (χ3v) is 5.22. The summed E-state index contributed by atoms with van der Waals surface area (Å²) in [6.07, 6.45) is 0.580. The quantitative estimate of drug-likeness (QED) is 0.279. The maximum atomic E-state index is 12.9. The molecule has 1 amide bonds. The monoisotopic (exact) mass is 443 g/mol. The maximum absolute atomic E-state index is 12.9. The Morgan fingerprint density at radius 2 is 1.74 bits per heavy atom. The van der Waals surface area contributed by atoms with Gasteiger partial charge in [-0.15, -0.1) is 0 Å². The van der Waals surface area contributed by atoms with Crippen molar-refractivity contribution in [3.8, 4) is 5.75 Å². The van der Waals surface area contributed by atoms with E-state index < -0.39 is 17.7 Å². The number of halogens is 1. The Balaban J connectivity index is 2.04. The molecule has 31 heavy (non-hydrogen) atoms. The van der Waals surface area contributed by atoms with Gasteiger partial charge in [0.05, 0.1) is 17.7 Å². The van der Waals surface area contributed by atoms with Gasteiger partial charge in [0.2, 0.25) is 0 Å². The number of aliphatic hydroxyl groups is 1. The summed E-state index contributed by atoms with van der Waals surface area (Å²) in [7, 11) is 1.58. The highest BCUT2D eigenvalue weighted by atomic mass is 35.5. The smallest absolute Gasteiger partial charge is 0.295 e. The topological polar surface area (TPSA) is 76.1 Å². The number of aliphatic hydroxyl groups excluding tert-OH is 1. The molecule has 6 nitrogen and oxygen atoms in total. The molecule has 0 aliphatic carbocycles. The molecule has 1 saturated heterocycles. The first-order valence-corrected chi connectivity index (χ1v) is 10.5. The van der Waals surface area contributed by atoms with Crippen LogP contribution < -0.4 is 4.74 Å². The van der Waals surface area contributed by atoms with Crippen molar-refractivity contribution in [3.05, 3.63) is 70.3 Å². The second-order valence-electron chi connectivity index (χ2n) is 7.58. The lowest BCUT2D eigenvalue weighted by molar-refractivity contribution is -0.140. The Morgan fingerprint density at radius 1 is 1.10 bits per heavy atom. The Morgan fingerprint density at radius 3 is 2.32 bits per heavy atom. The van der Waals surface area contributed by atoms with Gasteiger partial charge in [-0.05, 0) is 62.2 Å². The lowest BCUT2D eigenvalue weighted by Gasteiger charge is -2.25. The standard InChI is InChI=1S/C24H26ClNO5/c1-15(2)31-19-11-7-17(8-12-19)22(27)20-21(16-5-9-18(25)10-6-16)26(13-4-14-30-3)24(29)23(20)28/h5-12,15,21,27H,4,13-14H2,1-3H3/t21-/m1/s1. The average molecular weight is 444 g/mol. The van der Waals surface area contributed by atoms with Gasteiger partial charge in [-0.1, -0.05) is 23.7 Å². The van der Waals surface area contributed by atoms with Crippen molar-refractivity contribution in [2.45, 2.75) is 32.4 Å². The molecule has 1 fully saturated rings. The summed E-state index contributed by atoms with van der Waals surface area (Å²) in [6, 6.07) is 13.0. The predicted octanol–water partition coefficient (Wildman–Crippen LogP) is 4.59. The van der Waals surface area contributed by atoms with E-state index in [2.05, 4.69) is 0 Å². The van der Waals surface area contributed by atoms with Gasteiger partial charge in [-0.3, -0.25) is 9.59 Å². The van der Waals surface area contributed by atoms with Crippen molar-refractivity contribution in [2.75, 3.05) is 20.3 Å². The first-order valence-electron chi connectivity index (χ1n) is 10.1. The number of amides is 1. The SMILES string of the molecule is COCCCN1C(=O)C(=O)C(=C(O)c2ccc(OC(C)C)cc2)[C@H]1c1ccc(Cl)cc1. The van der Waals surface area contributed by atoms with E-state index in [-0.39, 0.29) is 17.4 Å². The fourth-order valence-corrected chi connectivity index (χ4v) is 3.73. The van der Waals surface area contributed by atoms with E-state index in [1.54, 1.807) is 55.6 Å². The van der Waals surface area contributed by atoms with Crippen molar-refractivity contribution in [1.82, 2.24) is 4.90 Å². The normalized spacial score (nSPS) is 18.1. The molecule has 0 radical (unpaired) electrons. The molecule has 1 aliphatic heterocycles. The van der Waals surface area contributed by atoms with Gasteiger partial charge in [0.25, 0.3) is 11.7 Å². The minimum Gasteiger partial charge on any atom is -0.507 e. The third kappa shape index (κ3) is 5.09. The Kier molecular flexibility index (Phi) is 7.36. The fraction of sp³-hybridized carbons (Fsp3) is 0.333. The molecule has 1 aliphatic rings. The van der Waals surface area contributed by atoms with Gasteiger partial charge in [0, 0.05) is 30.8 Å². The van der Waals surface area contributed by atoms with Crippen molar-refractivity contribution < 1.29 is 24.2 Å². The lowest BCUT2D eigenvalue weighted by atomic mass is 9.95. The molecule has 2 aromatic rings. The molecule has 0 aromatic heterocycles. The number of Topliss-reactive ketones (excluding diaryl/α,β-unsaturated/α-hetero) is 1. The number of hydrogen-bond acceptors (Lipinski definition) is 5. The molecule has 7 heteroatoms. The van der Waals surface area contributed by atoms with E-state index in [9.17, 15) is 14.7 Å². The van der Waals surface area contributed by atoms with E-state index in [0.29, 0.717) is 41.5 Å². The van der Waals surface area contributed by atoms with Crippen LogP contribution in [0.5, 0.6) is 5.75 Å². The number of ether oxygens (including phenoxy) is 2. The van der Waals surface area contributed by atoms with Crippen molar-refractivity contribution in [2.24, 2.45) is 0 Å². The summed E-state index contributed by atoms with van der Waals surface area (Å²) < 4.78 is 10.7. The number of rotatable bonds is 8. The summed E-state index contributed by atoms with van der Waals surface area (Å²) in [4.78, 5) is 27.2. The highest BCUT2D eigenvalue weighted by Gasteiger charge is 2.45. The molecule has 0 bridgehead atoms. The zero-order chi connectivity index (χ0) is 22.5. The number of likely N-dealkylation sites (tertiary alicyclic amines) is 1. The highest BCUT2D eigenvalue weighted by Crippen LogP contribution is 2.39. The molecule has 1 heterocycles. The van der Waals surface area contributed by atoms with Crippen molar-refractivity contribution in [3.63, 3.8) is 0 Å². The predicted molar refractivity (Wildman–Crippen MR) is 119 cm³/mol. The number of benzene rings is 2. The van der Waals surface area contributed by atoms with Crippen molar-refractivity contribution >= 4 is 29.1 Å². The van der Waals surface area contributed by atoms with E-state index >= 15 is 0 Å². The zero-order valence-corrected chi connectivity index (χ0v) is 18.6. The van der Waals surface area contributed by atoms with Crippen LogP contribution in [0.3, 0.4) is 0 Å². The van der Waals surface area contributed by atoms with E-state index in [4.69, 9.17) is 21.1 Å². The van der Waals surface area contributed by atoms with Crippen LogP contribution in [-0.4, -0.2) is 48.1 Å². The summed E-state index contributed by atoms with van der Waals surface area (Å²) in [6.45, 7) is 4.62. The lowest BCUT2D eigenvalue weighted by Crippen LogP contribution is -2.31. The summed E-state index contributed by atoms with van der Waals surface area (Å²) in [5, 5.41) is 11.6. The zero-order valence-electron chi connectivity index (χ0n) is 17.8. The Bertz CT molecular complexity index is 966. The van der Waals surface area contributed by atoms with Gasteiger partial charge >= 0.3 is 0 Å². The van der Waals surface area contributed by atoms with Crippen LogP contribution in [0.1, 0.15) is 37.4 Å². The Hall–Kier alpha value is -2.83. The molecule has 1 atom stereocenters. The fourth-order valence-electron chi connectivity index (χ4n) is 3.60. The van der Waals surface area contributed by atoms with Crippen molar-refractivity contribution in [1.29, 1.82) is 0 Å². The largest absolute Gasteiger partial charge is 0.507 e. The molecule has 2 aromatic carbocycles. The van der Waals surface area contributed by atoms with Gasteiger partial charge in [0.1, 0.15) is 11.5 Å². The summed E-state index contributed by atoms with van der Waals surface area (Å²) in [5.41, 5.74) is 1.19. The van der Waals surface area contributed by atoms with Gasteiger partial charge < -0.3 is 19.5 Å². The van der Waals surface area contributed by atoms with Crippen LogP contribution in [0.25, 0.3) is 5.76 Å². The van der Waals surface area contributed by atoms with Gasteiger partial charge in [-0.2, -0.15) is 0 Å². The molecule has 0 saturated carbocycles. The third-order valence-electron chi connectivity index (χ3n) is 4.97.